The number of thiazole rings is 1. The molecule has 0 aliphatic rings. The van der Waals surface area contributed by atoms with Crippen molar-refractivity contribution in [2.24, 2.45) is 5.73 Å². The van der Waals surface area contributed by atoms with Gasteiger partial charge in [-0.05, 0) is 43.2 Å². The first-order chi connectivity index (χ1) is 13.3. The highest BCUT2D eigenvalue weighted by Gasteiger charge is 2.16. The van der Waals surface area contributed by atoms with Gasteiger partial charge in [0.25, 0.3) is 11.5 Å². The topological polar surface area (TPSA) is 88.9 Å². The van der Waals surface area contributed by atoms with Crippen LogP contribution in [0.1, 0.15) is 16.7 Å². The van der Waals surface area contributed by atoms with Crippen LogP contribution in [-0.2, 0) is 4.79 Å². The summed E-state index contributed by atoms with van der Waals surface area (Å²) in [5.41, 5.74) is 8.18. The van der Waals surface area contributed by atoms with Gasteiger partial charge in [-0.2, -0.15) is 5.26 Å². The second kappa shape index (κ2) is 7.97. The molecule has 1 aromatic heterocycles. The third kappa shape index (κ3) is 3.70. The molecule has 0 aliphatic heterocycles. The number of carbonyl (C=O) groups excluding carboxylic acids is 1. The van der Waals surface area contributed by atoms with E-state index < -0.39 is 5.91 Å². The van der Waals surface area contributed by atoms with Gasteiger partial charge in [0.1, 0.15) is 10.7 Å². The van der Waals surface area contributed by atoms with Gasteiger partial charge in [0, 0.05) is 4.47 Å². The summed E-state index contributed by atoms with van der Waals surface area (Å²) in [6.45, 7) is 3.83. The van der Waals surface area contributed by atoms with E-state index in [-0.39, 0.29) is 15.8 Å². The Morgan fingerprint density at radius 3 is 2.57 bits per heavy atom. The Hall–Kier alpha value is -2.95. The van der Waals surface area contributed by atoms with Gasteiger partial charge in [-0.25, -0.2) is 0 Å². The first-order valence-corrected chi connectivity index (χ1v) is 9.94. The number of nitrogens with zero attached hydrogens (tertiary/aromatic N) is 2. The van der Waals surface area contributed by atoms with Gasteiger partial charge in [0.05, 0.1) is 10.2 Å². The number of nitriles is 1. The zero-order chi connectivity index (χ0) is 20.4. The quantitative estimate of drug-likeness (QED) is 0.659. The Morgan fingerprint density at radius 2 is 1.96 bits per heavy atom. The molecule has 5 nitrogen and oxygen atoms in total. The van der Waals surface area contributed by atoms with Crippen LogP contribution >= 0.6 is 27.3 Å². The van der Waals surface area contributed by atoms with E-state index in [1.165, 1.54) is 4.57 Å². The first-order valence-electron chi connectivity index (χ1n) is 8.33. The summed E-state index contributed by atoms with van der Waals surface area (Å²) < 4.78 is 2.86. The van der Waals surface area contributed by atoms with E-state index in [2.05, 4.69) is 15.9 Å². The largest absolute Gasteiger partial charge is 0.365 e. The van der Waals surface area contributed by atoms with Gasteiger partial charge in [0.2, 0.25) is 0 Å². The predicted molar refractivity (Wildman–Crippen MR) is 115 cm³/mol. The van der Waals surface area contributed by atoms with E-state index in [4.69, 9.17) is 5.73 Å². The molecule has 0 saturated heterocycles. The number of rotatable bonds is 3. The van der Waals surface area contributed by atoms with E-state index in [1.807, 2.05) is 56.3 Å². The van der Waals surface area contributed by atoms with Crippen molar-refractivity contribution >= 4 is 44.8 Å². The fourth-order valence-corrected chi connectivity index (χ4v) is 4.36. The summed E-state index contributed by atoms with van der Waals surface area (Å²) in [5, 5.41) is 9.45. The maximum absolute atomic E-state index is 13.2. The summed E-state index contributed by atoms with van der Waals surface area (Å²) in [7, 11) is 0. The van der Waals surface area contributed by atoms with Crippen LogP contribution in [0.25, 0.3) is 17.3 Å². The fourth-order valence-electron chi connectivity index (χ4n) is 2.87. The van der Waals surface area contributed by atoms with Crippen molar-refractivity contribution in [3.05, 3.63) is 83.2 Å². The molecule has 0 radical (unpaired) electrons. The molecule has 0 atom stereocenters. The molecule has 0 saturated carbocycles. The first kappa shape index (κ1) is 19.8. The number of hydrogen-bond acceptors (Lipinski definition) is 4. The van der Waals surface area contributed by atoms with Gasteiger partial charge < -0.3 is 5.73 Å². The number of halogens is 1. The van der Waals surface area contributed by atoms with Crippen LogP contribution in [0, 0.1) is 25.2 Å². The Morgan fingerprint density at radius 1 is 1.25 bits per heavy atom. The van der Waals surface area contributed by atoms with Crippen molar-refractivity contribution in [1.82, 2.24) is 4.57 Å². The number of nitrogens with two attached hydrogens (primary N) is 1. The molecule has 0 fully saturated rings. The van der Waals surface area contributed by atoms with Crippen LogP contribution in [-0.4, -0.2) is 10.5 Å². The molecule has 2 N–H and O–H groups in total. The van der Waals surface area contributed by atoms with E-state index >= 15 is 0 Å². The van der Waals surface area contributed by atoms with Gasteiger partial charge in [-0.15, -0.1) is 11.3 Å². The summed E-state index contributed by atoms with van der Waals surface area (Å²) in [5.74, 6) is -0.866. The smallest absolute Gasteiger partial charge is 0.273 e. The normalized spacial score (nSPS) is 12.6. The molecule has 140 valence electrons. The number of hydrogen-bond donors (Lipinski definition) is 1. The number of carbonyl (C=O) groups is 1. The summed E-state index contributed by atoms with van der Waals surface area (Å²) in [6, 6.07) is 15.0. The lowest BCUT2D eigenvalue weighted by Gasteiger charge is -2.08. The Bertz CT molecular complexity index is 1310. The summed E-state index contributed by atoms with van der Waals surface area (Å²) in [4.78, 5) is 25.1. The maximum atomic E-state index is 13.2. The highest BCUT2D eigenvalue weighted by molar-refractivity contribution is 9.10. The van der Waals surface area contributed by atoms with Gasteiger partial charge >= 0.3 is 0 Å². The molecule has 1 heterocycles. The molecule has 0 bridgehead atoms. The molecule has 3 aromatic rings. The summed E-state index contributed by atoms with van der Waals surface area (Å²) in [6.07, 6.45) is 1.73. The van der Waals surface area contributed by atoms with Crippen LogP contribution in [0.4, 0.5) is 0 Å². The van der Waals surface area contributed by atoms with Crippen molar-refractivity contribution in [2.75, 3.05) is 0 Å². The van der Waals surface area contributed by atoms with E-state index in [0.29, 0.717) is 10.2 Å². The highest BCUT2D eigenvalue weighted by atomic mass is 79.9. The summed E-state index contributed by atoms with van der Waals surface area (Å²) >= 11 is 4.54. The van der Waals surface area contributed by atoms with Crippen molar-refractivity contribution in [1.29, 1.82) is 5.26 Å². The minimum absolute atomic E-state index is 0.227. The third-order valence-corrected chi connectivity index (χ3v) is 6.00. The monoisotopic (exact) mass is 453 g/mol. The molecular weight excluding hydrogens is 438 g/mol. The Balaban J connectivity index is 2.48. The molecule has 7 heteroatoms. The van der Waals surface area contributed by atoms with E-state index in [1.54, 1.807) is 12.1 Å². The SMILES string of the molecule is Cc1ccc(-n2c(=O)/c(=C\c3ccccc3Br)s/c2=C(/C#N)C(N)=O)c(C)c1. The second-order valence-electron chi connectivity index (χ2n) is 6.22. The van der Waals surface area contributed by atoms with Crippen molar-refractivity contribution < 1.29 is 4.79 Å². The average Bonchev–Trinajstić information content (AvgIpc) is 2.94. The van der Waals surface area contributed by atoms with Crippen molar-refractivity contribution in [3.63, 3.8) is 0 Å². The van der Waals surface area contributed by atoms with Crippen molar-refractivity contribution in [2.45, 2.75) is 13.8 Å². The van der Waals surface area contributed by atoms with Crippen LogP contribution in [0.5, 0.6) is 0 Å². The third-order valence-electron chi connectivity index (χ3n) is 4.18. The fraction of sp³-hybridized carbons (Fsp3) is 0.0952. The second-order valence-corrected chi connectivity index (χ2v) is 8.10. The van der Waals surface area contributed by atoms with Crippen LogP contribution < -0.4 is 20.5 Å². The van der Waals surface area contributed by atoms with E-state index in [9.17, 15) is 14.9 Å². The zero-order valence-corrected chi connectivity index (χ0v) is 17.6. The van der Waals surface area contributed by atoms with Crippen LogP contribution in [0.2, 0.25) is 0 Å². The molecule has 3 rings (SSSR count). The predicted octanol–water partition coefficient (Wildman–Crippen LogP) is 2.27. The minimum Gasteiger partial charge on any atom is -0.365 e. The molecule has 28 heavy (non-hydrogen) atoms. The van der Waals surface area contributed by atoms with Crippen molar-refractivity contribution in [3.8, 4) is 11.8 Å². The van der Waals surface area contributed by atoms with Crippen LogP contribution in [0.3, 0.4) is 0 Å². The van der Waals surface area contributed by atoms with Gasteiger partial charge in [-0.1, -0.05) is 51.8 Å². The lowest BCUT2D eigenvalue weighted by Crippen LogP contribution is -2.32. The zero-order valence-electron chi connectivity index (χ0n) is 15.2. The molecule has 1 amide bonds. The van der Waals surface area contributed by atoms with Gasteiger partial charge in [-0.3, -0.25) is 14.2 Å². The minimum atomic E-state index is -0.866. The number of primary amides is 1. The molecule has 0 spiro atoms. The lowest BCUT2D eigenvalue weighted by molar-refractivity contribution is -0.112. The Labute approximate surface area is 173 Å². The lowest BCUT2D eigenvalue weighted by atomic mass is 10.1. The average molecular weight is 454 g/mol. The van der Waals surface area contributed by atoms with E-state index in [0.717, 1.165) is 32.5 Å². The molecule has 0 unspecified atom stereocenters. The Kier molecular flexibility index (Phi) is 5.63. The molecular formula is C21H16BrN3O2S. The number of benzene rings is 2. The number of amides is 1. The standard InChI is InChI=1S/C21H16BrN3O2S/c1-12-7-8-17(13(2)9-12)25-20(27)18(10-14-5-3-4-6-16(14)22)28-21(25)15(11-23)19(24)26/h3-10H,1-2H3,(H2,24,26)/b18-10+,21-15-. The highest BCUT2D eigenvalue weighted by Crippen LogP contribution is 2.16. The number of aryl methyl sites for hydroxylation is 2. The van der Waals surface area contributed by atoms with Gasteiger partial charge in [0.15, 0.2) is 5.57 Å². The number of aromatic nitrogens is 1. The molecule has 0 aliphatic carbocycles. The maximum Gasteiger partial charge on any atom is 0.273 e. The van der Waals surface area contributed by atoms with Crippen LogP contribution in [0.15, 0.2) is 51.7 Å². The molecule has 2 aromatic carbocycles.